The topological polar surface area (TPSA) is 82.9 Å². The molecule has 1 atom stereocenters. The highest BCUT2D eigenvalue weighted by atomic mass is 35.5. The van der Waals surface area contributed by atoms with Crippen LogP contribution in [-0.4, -0.2) is 58.6 Å². The second-order valence-electron chi connectivity index (χ2n) is 10.0. The highest BCUT2D eigenvalue weighted by molar-refractivity contribution is 7.99. The van der Waals surface area contributed by atoms with Crippen LogP contribution in [0.5, 0.6) is 5.75 Å². The van der Waals surface area contributed by atoms with Crippen molar-refractivity contribution in [3.8, 4) is 5.75 Å². The highest BCUT2D eigenvalue weighted by Gasteiger charge is 2.37. The number of aliphatic hydroxyl groups excluding tert-OH is 1. The van der Waals surface area contributed by atoms with Gasteiger partial charge in [0, 0.05) is 34.3 Å². The summed E-state index contributed by atoms with van der Waals surface area (Å²) in [4.78, 5) is 19.9. The van der Waals surface area contributed by atoms with Gasteiger partial charge in [0.05, 0.1) is 30.2 Å². The molecule has 1 fully saturated rings. The van der Waals surface area contributed by atoms with Gasteiger partial charge in [0.1, 0.15) is 5.75 Å². The highest BCUT2D eigenvalue weighted by Crippen LogP contribution is 2.43. The third-order valence-corrected chi connectivity index (χ3v) is 8.78. The Balaban J connectivity index is 1.38. The number of likely N-dealkylation sites (tertiary alicyclic amines) is 1. The van der Waals surface area contributed by atoms with Crippen LogP contribution in [0.25, 0.3) is 10.9 Å². The first-order valence-corrected chi connectivity index (χ1v) is 14.1. The van der Waals surface area contributed by atoms with Crippen LogP contribution >= 0.6 is 23.4 Å². The lowest BCUT2D eigenvalue weighted by molar-refractivity contribution is -0.141. The molecule has 1 aliphatic heterocycles. The van der Waals surface area contributed by atoms with Gasteiger partial charge < -0.3 is 19.8 Å². The van der Waals surface area contributed by atoms with Crippen molar-refractivity contribution in [2.45, 2.75) is 50.0 Å². The van der Waals surface area contributed by atoms with Gasteiger partial charge in [0.15, 0.2) is 0 Å². The Kier molecular flexibility index (Phi) is 9.35. The van der Waals surface area contributed by atoms with Crippen LogP contribution in [0.1, 0.15) is 49.3 Å². The van der Waals surface area contributed by atoms with Crippen LogP contribution in [0.4, 0.5) is 0 Å². The number of pyridine rings is 1. The molecule has 0 unspecified atom stereocenters. The first kappa shape index (κ1) is 27.7. The van der Waals surface area contributed by atoms with Gasteiger partial charge in [-0.15, -0.1) is 11.8 Å². The van der Waals surface area contributed by atoms with Crippen molar-refractivity contribution in [2.75, 3.05) is 32.5 Å². The minimum atomic E-state index is -0.820. The number of aliphatic hydroxyl groups is 1. The maximum Gasteiger partial charge on any atom is 0.303 e. The molecule has 3 aromatic rings. The Hall–Kier alpha value is -2.32. The SMILES string of the molecule is COc1ccc2ncc(Cl)c([C@@H](O)CCC3(CC(=O)O)CCN(CCSc4ccc(C)cc4)CC3)c2c1. The van der Waals surface area contributed by atoms with Gasteiger partial charge >= 0.3 is 5.97 Å². The lowest BCUT2D eigenvalue weighted by Gasteiger charge is -2.41. The van der Waals surface area contributed by atoms with Gasteiger partial charge in [-0.05, 0) is 81.4 Å². The van der Waals surface area contributed by atoms with Crippen molar-refractivity contribution in [3.05, 3.63) is 64.8 Å². The van der Waals surface area contributed by atoms with Crippen LogP contribution in [-0.2, 0) is 4.79 Å². The summed E-state index contributed by atoms with van der Waals surface area (Å²) in [6.07, 6.45) is 3.53. The van der Waals surface area contributed by atoms with E-state index in [4.69, 9.17) is 16.3 Å². The fourth-order valence-electron chi connectivity index (χ4n) is 5.23. The summed E-state index contributed by atoms with van der Waals surface area (Å²) in [5, 5.41) is 22.1. The molecule has 0 aliphatic carbocycles. The molecule has 2 heterocycles. The molecular weight excluding hydrogens is 508 g/mol. The fourth-order valence-corrected chi connectivity index (χ4v) is 6.43. The van der Waals surface area contributed by atoms with E-state index in [2.05, 4.69) is 41.1 Å². The van der Waals surface area contributed by atoms with Gasteiger partial charge in [-0.3, -0.25) is 9.78 Å². The molecule has 37 heavy (non-hydrogen) atoms. The predicted octanol–water partition coefficient (Wildman–Crippen LogP) is 6.37. The van der Waals surface area contributed by atoms with Crippen molar-refractivity contribution in [1.29, 1.82) is 0 Å². The quantitative estimate of drug-likeness (QED) is 0.272. The Morgan fingerprint density at radius 3 is 2.62 bits per heavy atom. The largest absolute Gasteiger partial charge is 0.497 e. The molecule has 198 valence electrons. The Labute approximate surface area is 228 Å². The van der Waals surface area contributed by atoms with Crippen LogP contribution in [0.3, 0.4) is 0 Å². The molecule has 1 aromatic heterocycles. The van der Waals surface area contributed by atoms with E-state index >= 15 is 0 Å². The van der Waals surface area contributed by atoms with Crippen molar-refractivity contribution in [3.63, 3.8) is 0 Å². The average molecular weight is 543 g/mol. The summed E-state index contributed by atoms with van der Waals surface area (Å²) < 4.78 is 5.36. The zero-order valence-electron chi connectivity index (χ0n) is 21.5. The van der Waals surface area contributed by atoms with Gasteiger partial charge in [0.2, 0.25) is 0 Å². The number of ether oxygens (including phenoxy) is 1. The Bertz CT molecular complexity index is 1210. The first-order chi connectivity index (χ1) is 17.8. The standard InChI is InChI=1S/C29H35ClN2O4S/c1-20-3-6-22(7-4-20)37-16-15-32-13-11-29(12-14-32,18-27(34)35)10-9-26(33)28-23-17-21(36-2)5-8-25(23)31-19-24(28)30/h3-8,17,19,26,33H,9-16,18H2,1-2H3,(H,34,35)/t26-/m0/s1. The van der Waals surface area contributed by atoms with Gasteiger partial charge in [-0.25, -0.2) is 0 Å². The zero-order valence-corrected chi connectivity index (χ0v) is 23.0. The summed E-state index contributed by atoms with van der Waals surface area (Å²) >= 11 is 8.34. The van der Waals surface area contributed by atoms with E-state index in [-0.39, 0.29) is 11.8 Å². The van der Waals surface area contributed by atoms with E-state index in [1.165, 1.54) is 10.5 Å². The summed E-state index contributed by atoms with van der Waals surface area (Å²) in [6.45, 7) is 4.81. The van der Waals surface area contributed by atoms with Crippen LogP contribution < -0.4 is 4.74 Å². The molecule has 8 heteroatoms. The third kappa shape index (κ3) is 7.17. The molecule has 0 bridgehead atoms. The third-order valence-electron chi connectivity index (χ3n) is 7.49. The number of aromatic nitrogens is 1. The number of carboxylic acids is 1. The lowest BCUT2D eigenvalue weighted by atomic mass is 9.71. The number of nitrogens with zero attached hydrogens (tertiary/aromatic N) is 2. The summed E-state index contributed by atoms with van der Waals surface area (Å²) in [7, 11) is 1.60. The minimum absolute atomic E-state index is 0.115. The second-order valence-corrected chi connectivity index (χ2v) is 11.6. The number of rotatable bonds is 11. The molecule has 0 radical (unpaired) electrons. The van der Waals surface area contributed by atoms with E-state index in [0.717, 1.165) is 49.1 Å². The molecular formula is C29H35ClN2O4S. The van der Waals surface area contributed by atoms with Crippen molar-refractivity contribution >= 4 is 40.2 Å². The van der Waals surface area contributed by atoms with Gasteiger partial charge in [0.25, 0.3) is 0 Å². The van der Waals surface area contributed by atoms with E-state index < -0.39 is 12.1 Å². The molecule has 6 nitrogen and oxygen atoms in total. The van der Waals surface area contributed by atoms with E-state index in [0.29, 0.717) is 29.2 Å². The number of aryl methyl sites for hydroxylation is 1. The number of thioether (sulfide) groups is 1. The predicted molar refractivity (Wildman–Crippen MR) is 150 cm³/mol. The Morgan fingerprint density at radius 1 is 1.22 bits per heavy atom. The zero-order chi connectivity index (χ0) is 26.4. The molecule has 0 amide bonds. The molecule has 0 saturated carbocycles. The van der Waals surface area contributed by atoms with Gasteiger partial charge in [-0.2, -0.15) is 0 Å². The first-order valence-electron chi connectivity index (χ1n) is 12.7. The summed E-state index contributed by atoms with van der Waals surface area (Å²) in [5.41, 5.74) is 2.29. The molecule has 4 rings (SSSR count). The smallest absolute Gasteiger partial charge is 0.303 e. The number of piperidine rings is 1. The van der Waals surface area contributed by atoms with E-state index in [1.54, 1.807) is 13.3 Å². The summed E-state index contributed by atoms with van der Waals surface area (Å²) in [6, 6.07) is 14.1. The van der Waals surface area contributed by atoms with Crippen LogP contribution in [0.2, 0.25) is 5.02 Å². The molecule has 2 aromatic carbocycles. The Morgan fingerprint density at radius 2 is 1.95 bits per heavy atom. The van der Waals surface area contributed by atoms with Crippen LogP contribution in [0.15, 0.2) is 53.6 Å². The van der Waals surface area contributed by atoms with Crippen molar-refractivity contribution in [2.24, 2.45) is 5.41 Å². The minimum Gasteiger partial charge on any atom is -0.497 e. The van der Waals surface area contributed by atoms with E-state index in [1.807, 2.05) is 30.0 Å². The number of hydrogen-bond acceptors (Lipinski definition) is 6. The van der Waals surface area contributed by atoms with Gasteiger partial charge in [-0.1, -0.05) is 29.3 Å². The molecule has 1 aliphatic rings. The number of fused-ring (bicyclic) bond motifs is 1. The van der Waals surface area contributed by atoms with Crippen molar-refractivity contribution < 1.29 is 19.7 Å². The van der Waals surface area contributed by atoms with Crippen LogP contribution in [0, 0.1) is 12.3 Å². The summed E-state index contributed by atoms with van der Waals surface area (Å²) in [5.74, 6) is 0.889. The number of benzene rings is 2. The number of aliphatic carboxylic acids is 1. The van der Waals surface area contributed by atoms with E-state index in [9.17, 15) is 15.0 Å². The fraction of sp³-hybridized carbons (Fsp3) is 0.448. The van der Waals surface area contributed by atoms with Crippen molar-refractivity contribution in [1.82, 2.24) is 9.88 Å². The maximum atomic E-state index is 11.8. The number of methoxy groups -OCH3 is 1. The molecule has 0 spiro atoms. The number of carbonyl (C=O) groups is 1. The maximum absolute atomic E-state index is 11.8. The number of hydrogen-bond donors (Lipinski definition) is 2. The average Bonchev–Trinajstić information content (AvgIpc) is 2.89. The molecule has 2 N–H and O–H groups in total. The second kappa shape index (κ2) is 12.5. The monoisotopic (exact) mass is 542 g/mol. The number of halogens is 1. The molecule has 1 saturated heterocycles. The normalized spacial score (nSPS) is 16.5. The number of carboxylic acid groups (broad SMARTS) is 1. The lowest BCUT2D eigenvalue weighted by Crippen LogP contribution is -2.42.